The maximum atomic E-state index is 6.04. The SMILES string of the molecule is CCc1ccc(OCCOc2ccc(CCN)cc2OC)c(C(C)(C)C)c1. The number of hydrogen-bond acceptors (Lipinski definition) is 4. The van der Waals surface area contributed by atoms with Crippen molar-refractivity contribution in [1.82, 2.24) is 0 Å². The summed E-state index contributed by atoms with van der Waals surface area (Å²) in [4.78, 5) is 0. The lowest BCUT2D eigenvalue weighted by molar-refractivity contribution is 0.208. The van der Waals surface area contributed by atoms with Gasteiger partial charge in [0.05, 0.1) is 7.11 Å². The standard InChI is InChI=1S/C23H33NO3/c1-6-17-7-9-20(19(15-17)23(2,3)4)26-13-14-27-21-10-8-18(11-12-24)16-22(21)25-5/h7-10,15-16H,6,11-14,24H2,1-5H3. The van der Waals surface area contributed by atoms with Crippen molar-refractivity contribution in [1.29, 1.82) is 0 Å². The first-order chi connectivity index (χ1) is 12.9. The van der Waals surface area contributed by atoms with Gasteiger partial charge < -0.3 is 19.9 Å². The van der Waals surface area contributed by atoms with Gasteiger partial charge in [-0.25, -0.2) is 0 Å². The van der Waals surface area contributed by atoms with Crippen molar-refractivity contribution in [3.8, 4) is 17.2 Å². The van der Waals surface area contributed by atoms with E-state index in [2.05, 4.69) is 45.9 Å². The smallest absolute Gasteiger partial charge is 0.161 e. The van der Waals surface area contributed by atoms with Gasteiger partial charge in [0.1, 0.15) is 19.0 Å². The van der Waals surface area contributed by atoms with E-state index in [4.69, 9.17) is 19.9 Å². The highest BCUT2D eigenvalue weighted by molar-refractivity contribution is 5.43. The lowest BCUT2D eigenvalue weighted by Gasteiger charge is -2.24. The highest BCUT2D eigenvalue weighted by Gasteiger charge is 2.19. The Morgan fingerprint density at radius 2 is 1.48 bits per heavy atom. The monoisotopic (exact) mass is 371 g/mol. The van der Waals surface area contributed by atoms with Crippen LogP contribution in [0.25, 0.3) is 0 Å². The average Bonchev–Trinajstić information content (AvgIpc) is 2.65. The third-order valence-corrected chi connectivity index (χ3v) is 4.52. The highest BCUT2D eigenvalue weighted by Crippen LogP contribution is 2.32. The van der Waals surface area contributed by atoms with Gasteiger partial charge in [0.25, 0.3) is 0 Å². The van der Waals surface area contributed by atoms with Crippen LogP contribution in [0.4, 0.5) is 0 Å². The quantitative estimate of drug-likeness (QED) is 0.659. The van der Waals surface area contributed by atoms with Crippen LogP contribution in [0.2, 0.25) is 0 Å². The van der Waals surface area contributed by atoms with Crippen LogP contribution in [0, 0.1) is 0 Å². The van der Waals surface area contributed by atoms with E-state index in [0.29, 0.717) is 19.8 Å². The Hall–Kier alpha value is -2.20. The van der Waals surface area contributed by atoms with E-state index in [1.165, 1.54) is 11.1 Å². The van der Waals surface area contributed by atoms with E-state index in [1.807, 2.05) is 18.2 Å². The van der Waals surface area contributed by atoms with Crippen molar-refractivity contribution >= 4 is 0 Å². The van der Waals surface area contributed by atoms with E-state index in [1.54, 1.807) is 7.11 Å². The third-order valence-electron chi connectivity index (χ3n) is 4.52. The van der Waals surface area contributed by atoms with E-state index in [0.717, 1.165) is 35.7 Å². The Morgan fingerprint density at radius 3 is 2.07 bits per heavy atom. The molecule has 0 unspecified atom stereocenters. The van der Waals surface area contributed by atoms with E-state index < -0.39 is 0 Å². The maximum Gasteiger partial charge on any atom is 0.161 e. The molecule has 4 nitrogen and oxygen atoms in total. The molecule has 148 valence electrons. The first-order valence-electron chi connectivity index (χ1n) is 9.65. The fourth-order valence-corrected chi connectivity index (χ4v) is 2.97. The van der Waals surface area contributed by atoms with Crippen LogP contribution in [0.15, 0.2) is 36.4 Å². The number of rotatable bonds is 9. The molecule has 0 amide bonds. The molecule has 2 aromatic rings. The summed E-state index contributed by atoms with van der Waals surface area (Å²) in [5.41, 5.74) is 9.34. The summed E-state index contributed by atoms with van der Waals surface area (Å²) < 4.78 is 17.3. The Kier molecular flexibility index (Phi) is 7.55. The maximum absolute atomic E-state index is 6.04. The van der Waals surface area contributed by atoms with Crippen LogP contribution in [-0.4, -0.2) is 26.9 Å². The Morgan fingerprint density at radius 1 is 0.852 bits per heavy atom. The minimum Gasteiger partial charge on any atom is -0.493 e. The predicted molar refractivity (Wildman–Crippen MR) is 111 cm³/mol. The molecule has 0 radical (unpaired) electrons. The van der Waals surface area contributed by atoms with Crippen molar-refractivity contribution in [2.24, 2.45) is 5.73 Å². The van der Waals surface area contributed by atoms with Gasteiger partial charge in [0.15, 0.2) is 11.5 Å². The number of hydrogen-bond donors (Lipinski definition) is 1. The van der Waals surface area contributed by atoms with Crippen LogP contribution in [0.5, 0.6) is 17.2 Å². The molecule has 2 aromatic carbocycles. The molecule has 0 fully saturated rings. The molecule has 2 rings (SSSR count). The third kappa shape index (κ3) is 5.90. The molecule has 0 heterocycles. The summed E-state index contributed by atoms with van der Waals surface area (Å²) >= 11 is 0. The van der Waals surface area contributed by atoms with Crippen molar-refractivity contribution in [3.63, 3.8) is 0 Å². The Bertz CT molecular complexity index is 735. The molecule has 0 aliphatic carbocycles. The van der Waals surface area contributed by atoms with Gasteiger partial charge in [-0.2, -0.15) is 0 Å². The number of nitrogens with two attached hydrogens (primary N) is 1. The fraction of sp³-hybridized carbons (Fsp3) is 0.478. The molecular formula is C23H33NO3. The summed E-state index contributed by atoms with van der Waals surface area (Å²) in [6, 6.07) is 12.4. The molecule has 4 heteroatoms. The molecule has 0 atom stereocenters. The van der Waals surface area contributed by atoms with E-state index in [9.17, 15) is 0 Å². The van der Waals surface area contributed by atoms with Gasteiger partial charge in [0, 0.05) is 0 Å². The highest BCUT2D eigenvalue weighted by atomic mass is 16.5. The van der Waals surface area contributed by atoms with Crippen molar-refractivity contribution in [2.75, 3.05) is 26.9 Å². The average molecular weight is 372 g/mol. The number of ether oxygens (including phenoxy) is 3. The molecule has 0 aromatic heterocycles. The zero-order valence-electron chi connectivity index (χ0n) is 17.3. The summed E-state index contributed by atoms with van der Waals surface area (Å²) in [6.45, 7) is 10.3. The Labute approximate surface area is 163 Å². The van der Waals surface area contributed by atoms with Crippen LogP contribution in [-0.2, 0) is 18.3 Å². The lowest BCUT2D eigenvalue weighted by atomic mass is 9.85. The molecule has 2 N–H and O–H groups in total. The van der Waals surface area contributed by atoms with Crippen LogP contribution in [0.1, 0.15) is 44.4 Å². The van der Waals surface area contributed by atoms with Gasteiger partial charge >= 0.3 is 0 Å². The lowest BCUT2D eigenvalue weighted by Crippen LogP contribution is -2.16. The van der Waals surface area contributed by atoms with Gasteiger partial charge in [-0.1, -0.05) is 45.9 Å². The largest absolute Gasteiger partial charge is 0.493 e. The van der Waals surface area contributed by atoms with Gasteiger partial charge in [-0.05, 0) is 59.7 Å². The van der Waals surface area contributed by atoms with Gasteiger partial charge in [-0.3, -0.25) is 0 Å². The Balaban J connectivity index is 1.99. The van der Waals surface area contributed by atoms with Crippen LogP contribution < -0.4 is 19.9 Å². The van der Waals surface area contributed by atoms with E-state index in [-0.39, 0.29) is 5.41 Å². The van der Waals surface area contributed by atoms with Crippen LogP contribution >= 0.6 is 0 Å². The zero-order valence-corrected chi connectivity index (χ0v) is 17.3. The molecule has 0 saturated carbocycles. The number of methoxy groups -OCH3 is 1. The zero-order chi connectivity index (χ0) is 19.9. The second-order valence-corrected chi connectivity index (χ2v) is 7.65. The summed E-state index contributed by atoms with van der Waals surface area (Å²) in [5, 5.41) is 0. The van der Waals surface area contributed by atoms with Gasteiger partial charge in [-0.15, -0.1) is 0 Å². The van der Waals surface area contributed by atoms with Gasteiger partial charge in [0.2, 0.25) is 0 Å². The first kappa shape index (κ1) is 21.1. The minimum atomic E-state index is 0.0312. The second-order valence-electron chi connectivity index (χ2n) is 7.65. The molecule has 0 bridgehead atoms. The van der Waals surface area contributed by atoms with Crippen molar-refractivity contribution in [2.45, 2.75) is 46.0 Å². The summed E-state index contributed by atoms with van der Waals surface area (Å²) in [6.07, 6.45) is 1.84. The molecule has 0 aliphatic heterocycles. The topological polar surface area (TPSA) is 53.7 Å². The normalized spacial score (nSPS) is 11.3. The van der Waals surface area contributed by atoms with Crippen molar-refractivity contribution < 1.29 is 14.2 Å². The molecular weight excluding hydrogens is 338 g/mol. The van der Waals surface area contributed by atoms with Crippen LogP contribution in [0.3, 0.4) is 0 Å². The summed E-state index contributed by atoms with van der Waals surface area (Å²) in [7, 11) is 1.65. The van der Waals surface area contributed by atoms with E-state index >= 15 is 0 Å². The minimum absolute atomic E-state index is 0.0312. The molecule has 0 saturated heterocycles. The number of benzene rings is 2. The molecule has 0 spiro atoms. The predicted octanol–water partition coefficient (Wildman–Crippen LogP) is 4.51. The molecule has 27 heavy (non-hydrogen) atoms. The fourth-order valence-electron chi connectivity index (χ4n) is 2.97. The number of aryl methyl sites for hydroxylation is 1. The summed E-state index contributed by atoms with van der Waals surface area (Å²) in [5.74, 6) is 2.37. The second kappa shape index (κ2) is 9.65. The molecule has 0 aliphatic rings. The van der Waals surface area contributed by atoms with Crippen molar-refractivity contribution in [3.05, 3.63) is 53.1 Å². The first-order valence-corrected chi connectivity index (χ1v) is 9.65.